The lowest BCUT2D eigenvalue weighted by Crippen LogP contribution is -2.36. The SMILES string of the molecule is C[C@H]1CCCN(CCCNC(=O)c2ccc3c(c2)N(Cc2ccc(Cl)cc2)C(=O)c2ccccc2S3(=O)=O)C1. The van der Waals surface area contributed by atoms with E-state index in [2.05, 4.69) is 17.1 Å². The maximum absolute atomic E-state index is 13.8. The molecule has 2 aliphatic heterocycles. The lowest BCUT2D eigenvalue weighted by molar-refractivity contribution is 0.0946. The molecule has 0 spiro atoms. The molecule has 1 saturated heterocycles. The van der Waals surface area contributed by atoms with Crippen LogP contribution in [0.5, 0.6) is 0 Å². The maximum Gasteiger partial charge on any atom is 0.259 e. The van der Waals surface area contributed by atoms with Crippen molar-refractivity contribution >= 4 is 38.9 Å². The van der Waals surface area contributed by atoms with Crippen LogP contribution < -0.4 is 10.2 Å². The first-order valence-electron chi connectivity index (χ1n) is 13.3. The number of likely N-dealkylation sites (tertiary alicyclic amines) is 1. The Morgan fingerprint density at radius 3 is 2.59 bits per heavy atom. The highest BCUT2D eigenvalue weighted by atomic mass is 35.5. The summed E-state index contributed by atoms with van der Waals surface area (Å²) in [5.74, 6) is -0.0482. The van der Waals surface area contributed by atoms with Crippen LogP contribution in [0.2, 0.25) is 5.02 Å². The van der Waals surface area contributed by atoms with Crippen LogP contribution >= 0.6 is 11.6 Å². The second kappa shape index (κ2) is 11.5. The minimum atomic E-state index is -4.00. The number of fused-ring (bicyclic) bond motifs is 2. The van der Waals surface area contributed by atoms with Gasteiger partial charge in [0.25, 0.3) is 11.8 Å². The minimum absolute atomic E-state index is 0.00877. The zero-order valence-corrected chi connectivity index (χ0v) is 23.5. The molecule has 1 fully saturated rings. The van der Waals surface area contributed by atoms with E-state index in [-0.39, 0.29) is 33.5 Å². The molecule has 39 heavy (non-hydrogen) atoms. The van der Waals surface area contributed by atoms with Crippen LogP contribution in [0.3, 0.4) is 0 Å². The zero-order valence-electron chi connectivity index (χ0n) is 21.9. The molecule has 3 aromatic rings. The Labute approximate surface area is 234 Å². The molecule has 1 atom stereocenters. The van der Waals surface area contributed by atoms with Crippen molar-refractivity contribution in [3.63, 3.8) is 0 Å². The van der Waals surface area contributed by atoms with Gasteiger partial charge in [0.2, 0.25) is 9.84 Å². The normalized spacial score (nSPS) is 18.7. The highest BCUT2D eigenvalue weighted by molar-refractivity contribution is 7.91. The Kier molecular flexibility index (Phi) is 8.07. The van der Waals surface area contributed by atoms with E-state index in [1.807, 2.05) is 0 Å². The average molecular weight is 566 g/mol. The van der Waals surface area contributed by atoms with Gasteiger partial charge in [0, 0.05) is 23.7 Å². The standard InChI is InChI=1S/C30H32ClN3O4S/c1-21-6-4-16-33(19-21)17-5-15-32-29(35)23-11-14-28-26(18-23)34(20-22-9-12-24(31)13-10-22)30(36)25-7-2-3-8-27(25)39(28,37)38/h2-3,7-14,18,21H,4-6,15-17,19-20H2,1H3,(H,32,35)/t21-/m0/s1. The predicted octanol–water partition coefficient (Wildman–Crippen LogP) is 5.19. The molecule has 3 aromatic carbocycles. The number of hydrogen-bond donors (Lipinski definition) is 1. The van der Waals surface area contributed by atoms with E-state index in [1.54, 1.807) is 36.4 Å². The number of amides is 2. The molecule has 0 saturated carbocycles. The summed E-state index contributed by atoms with van der Waals surface area (Å²) in [6.07, 6.45) is 3.30. The molecule has 0 bridgehead atoms. The second-order valence-corrected chi connectivity index (χ2v) is 12.7. The van der Waals surface area contributed by atoms with Gasteiger partial charge < -0.3 is 15.1 Å². The molecule has 9 heteroatoms. The van der Waals surface area contributed by atoms with Crippen molar-refractivity contribution in [2.45, 2.75) is 42.5 Å². The summed E-state index contributed by atoms with van der Waals surface area (Å²) in [6.45, 7) is 6.01. The van der Waals surface area contributed by atoms with Crippen LogP contribution in [-0.2, 0) is 16.4 Å². The fourth-order valence-electron chi connectivity index (χ4n) is 5.37. The molecule has 1 N–H and O–H groups in total. The van der Waals surface area contributed by atoms with Crippen LogP contribution in [0.4, 0.5) is 5.69 Å². The monoisotopic (exact) mass is 565 g/mol. The summed E-state index contributed by atoms with van der Waals surface area (Å²) in [7, 11) is -4.00. The molecule has 204 valence electrons. The van der Waals surface area contributed by atoms with Crippen molar-refractivity contribution in [2.75, 3.05) is 31.1 Å². The van der Waals surface area contributed by atoms with Gasteiger partial charge in [-0.2, -0.15) is 0 Å². The average Bonchev–Trinajstić information content (AvgIpc) is 3.00. The molecule has 2 aliphatic rings. The summed E-state index contributed by atoms with van der Waals surface area (Å²) in [5.41, 5.74) is 1.36. The smallest absolute Gasteiger partial charge is 0.259 e. The molecule has 2 amide bonds. The molecule has 7 nitrogen and oxygen atoms in total. The van der Waals surface area contributed by atoms with Crippen molar-refractivity contribution in [1.29, 1.82) is 0 Å². The van der Waals surface area contributed by atoms with Gasteiger partial charge in [-0.25, -0.2) is 8.42 Å². The maximum atomic E-state index is 13.8. The molecule has 2 heterocycles. The van der Waals surface area contributed by atoms with E-state index < -0.39 is 15.7 Å². The number of nitrogens with zero attached hydrogens (tertiary/aromatic N) is 2. The summed E-state index contributed by atoms with van der Waals surface area (Å²) in [5, 5.41) is 3.52. The highest BCUT2D eigenvalue weighted by Crippen LogP contribution is 2.38. The van der Waals surface area contributed by atoms with Crippen LogP contribution in [-0.4, -0.2) is 51.3 Å². The van der Waals surface area contributed by atoms with Crippen molar-refractivity contribution in [3.05, 3.63) is 88.4 Å². The number of piperidine rings is 1. The Hall–Kier alpha value is -3.20. The van der Waals surface area contributed by atoms with Gasteiger partial charge in [0.05, 0.1) is 27.6 Å². The topological polar surface area (TPSA) is 86.8 Å². The molecular formula is C30H32ClN3O4S. The van der Waals surface area contributed by atoms with Gasteiger partial charge in [-0.1, -0.05) is 42.8 Å². The number of anilines is 1. The van der Waals surface area contributed by atoms with Gasteiger partial charge in [-0.05, 0) is 86.3 Å². The van der Waals surface area contributed by atoms with E-state index in [0.717, 1.165) is 31.6 Å². The van der Waals surface area contributed by atoms with Crippen molar-refractivity contribution in [1.82, 2.24) is 10.2 Å². The summed E-state index contributed by atoms with van der Waals surface area (Å²) >= 11 is 6.05. The van der Waals surface area contributed by atoms with Crippen LogP contribution in [0.25, 0.3) is 0 Å². The molecule has 5 rings (SSSR count). The van der Waals surface area contributed by atoms with E-state index >= 15 is 0 Å². The fraction of sp³-hybridized carbons (Fsp3) is 0.333. The Balaban J connectivity index is 1.42. The summed E-state index contributed by atoms with van der Waals surface area (Å²) in [6, 6.07) is 17.7. The number of carbonyl (C=O) groups is 2. The molecule has 0 aliphatic carbocycles. The van der Waals surface area contributed by atoms with E-state index in [4.69, 9.17) is 11.6 Å². The van der Waals surface area contributed by atoms with Crippen LogP contribution in [0.15, 0.2) is 76.5 Å². The van der Waals surface area contributed by atoms with Gasteiger partial charge >= 0.3 is 0 Å². The third kappa shape index (κ3) is 5.88. The van der Waals surface area contributed by atoms with E-state index in [0.29, 0.717) is 23.0 Å². The highest BCUT2D eigenvalue weighted by Gasteiger charge is 2.36. The number of nitrogens with one attached hydrogen (secondary N) is 1. The summed E-state index contributed by atoms with van der Waals surface area (Å²) < 4.78 is 27.3. The van der Waals surface area contributed by atoms with E-state index in [1.165, 1.54) is 48.1 Å². The van der Waals surface area contributed by atoms with Crippen molar-refractivity contribution in [2.24, 2.45) is 5.92 Å². The molecule has 0 aromatic heterocycles. The first-order chi connectivity index (χ1) is 18.7. The number of carbonyl (C=O) groups excluding carboxylic acids is 2. The first kappa shape index (κ1) is 27.4. The third-order valence-corrected chi connectivity index (χ3v) is 9.50. The van der Waals surface area contributed by atoms with Gasteiger partial charge in [-0.3, -0.25) is 9.59 Å². The lowest BCUT2D eigenvalue weighted by Gasteiger charge is -2.30. The first-order valence-corrected chi connectivity index (χ1v) is 15.1. The molecular weight excluding hydrogens is 534 g/mol. The van der Waals surface area contributed by atoms with E-state index in [9.17, 15) is 18.0 Å². The van der Waals surface area contributed by atoms with Gasteiger partial charge in [0.15, 0.2) is 0 Å². The zero-order chi connectivity index (χ0) is 27.6. The molecule has 0 radical (unpaired) electrons. The number of rotatable bonds is 7. The fourth-order valence-corrected chi connectivity index (χ4v) is 7.13. The van der Waals surface area contributed by atoms with Gasteiger partial charge in [-0.15, -0.1) is 0 Å². The van der Waals surface area contributed by atoms with Crippen LogP contribution in [0, 0.1) is 5.92 Å². The van der Waals surface area contributed by atoms with Gasteiger partial charge in [0.1, 0.15) is 0 Å². The predicted molar refractivity (Wildman–Crippen MR) is 152 cm³/mol. The van der Waals surface area contributed by atoms with Crippen LogP contribution in [0.1, 0.15) is 52.5 Å². The number of sulfone groups is 1. The Bertz CT molecular complexity index is 1490. The second-order valence-electron chi connectivity index (χ2n) is 10.4. The lowest BCUT2D eigenvalue weighted by atomic mass is 10.0. The Morgan fingerprint density at radius 1 is 1.05 bits per heavy atom. The number of halogens is 1. The number of benzene rings is 3. The number of hydrogen-bond acceptors (Lipinski definition) is 5. The quantitative estimate of drug-likeness (QED) is 0.399. The van der Waals surface area contributed by atoms with Crippen molar-refractivity contribution in [3.8, 4) is 0 Å². The largest absolute Gasteiger partial charge is 0.352 e. The summed E-state index contributed by atoms with van der Waals surface area (Å²) in [4.78, 5) is 30.7. The molecule has 0 unspecified atom stereocenters. The van der Waals surface area contributed by atoms with Crippen molar-refractivity contribution < 1.29 is 18.0 Å². The minimum Gasteiger partial charge on any atom is -0.352 e. The third-order valence-electron chi connectivity index (χ3n) is 7.39. The Morgan fingerprint density at radius 2 is 1.82 bits per heavy atom.